The van der Waals surface area contributed by atoms with Crippen molar-refractivity contribution in [2.24, 2.45) is 11.8 Å². The molecule has 77 heavy (non-hydrogen) atoms. The second-order valence-electron chi connectivity index (χ2n) is 19.4. The Morgan fingerprint density at radius 3 is 1.90 bits per heavy atom. The van der Waals surface area contributed by atoms with Gasteiger partial charge >= 0.3 is 0 Å². The summed E-state index contributed by atoms with van der Waals surface area (Å²) in [5.74, 6) is -3.18. The molecule has 4 aromatic rings. The van der Waals surface area contributed by atoms with Gasteiger partial charge in [0.1, 0.15) is 12.1 Å². The molecule has 3 atom stereocenters. The predicted octanol–water partition coefficient (Wildman–Crippen LogP) is 4.89. The molecule has 0 aliphatic carbocycles. The van der Waals surface area contributed by atoms with E-state index in [0.29, 0.717) is 59.9 Å². The minimum atomic E-state index is -0.945. The van der Waals surface area contributed by atoms with Crippen molar-refractivity contribution in [3.8, 4) is 0 Å². The number of benzene rings is 3. The second kappa shape index (κ2) is 31.5. The molecule has 0 saturated carbocycles. The molecular formula is C57H74ClN7O12. The van der Waals surface area contributed by atoms with Crippen LogP contribution in [-0.2, 0) is 54.3 Å². The fraction of sp³-hybridized carbons (Fsp3) is 0.474. The van der Waals surface area contributed by atoms with Gasteiger partial charge in [-0.2, -0.15) is 0 Å². The van der Waals surface area contributed by atoms with E-state index in [1.54, 1.807) is 60.6 Å². The molecule has 19 nitrogen and oxygen atoms in total. The van der Waals surface area contributed by atoms with E-state index in [0.717, 1.165) is 16.0 Å². The molecule has 2 unspecified atom stereocenters. The average molecular weight is 1080 g/mol. The highest BCUT2D eigenvalue weighted by atomic mass is 35.5. The number of ether oxygens (including phenoxy) is 4. The van der Waals surface area contributed by atoms with Crippen LogP contribution in [0.25, 0.3) is 10.8 Å². The van der Waals surface area contributed by atoms with Crippen LogP contribution >= 0.6 is 11.6 Å². The fourth-order valence-electron chi connectivity index (χ4n) is 8.52. The number of fused-ring (bicyclic) bond motifs is 1. The molecule has 5 rings (SSSR count). The number of rotatable bonds is 33. The summed E-state index contributed by atoms with van der Waals surface area (Å²) in [5, 5.41) is 12.7. The summed E-state index contributed by atoms with van der Waals surface area (Å²) in [5.41, 5.74) is 2.85. The van der Waals surface area contributed by atoms with Gasteiger partial charge in [0.05, 0.1) is 65.4 Å². The van der Waals surface area contributed by atoms with Gasteiger partial charge in [-0.3, -0.25) is 43.3 Å². The zero-order valence-electron chi connectivity index (χ0n) is 45.0. The molecule has 0 saturated heterocycles. The second-order valence-corrected chi connectivity index (χ2v) is 19.8. The van der Waals surface area contributed by atoms with Crippen molar-refractivity contribution in [2.45, 2.75) is 85.5 Å². The molecule has 2 heterocycles. The van der Waals surface area contributed by atoms with Gasteiger partial charge in [-0.1, -0.05) is 87.3 Å². The molecule has 7 amide bonds. The number of aromatic nitrogens is 1. The molecule has 3 aromatic carbocycles. The van der Waals surface area contributed by atoms with E-state index in [1.807, 2.05) is 69.3 Å². The van der Waals surface area contributed by atoms with Crippen LogP contribution in [0.5, 0.6) is 0 Å². The number of hydrogen-bond donors (Lipinski definition) is 4. The van der Waals surface area contributed by atoms with E-state index in [-0.39, 0.29) is 101 Å². The number of imide groups is 1. The monoisotopic (exact) mass is 1080 g/mol. The SMILES string of the molecule is Cc1ccc(C(=O)N(CCCNC(=O)[C@H](C)NC(=O)C(NC(=O)CCOCCOCCOCCOCCNC(=O)CCN2C(=O)C=CC2=O)C(C)C)C(c2cc3cc(Cl)ccc3c(=O)n2Cc2ccccc2)C(C)C)cc1. The number of halogens is 1. The first-order valence-electron chi connectivity index (χ1n) is 26.2. The lowest BCUT2D eigenvalue weighted by molar-refractivity contribution is -0.137. The Hall–Kier alpha value is -6.77. The minimum absolute atomic E-state index is 0.000933. The molecule has 0 bridgehead atoms. The average Bonchev–Trinajstić information content (AvgIpc) is 3.74. The maximum atomic E-state index is 14.6. The lowest BCUT2D eigenvalue weighted by Gasteiger charge is -2.36. The molecule has 416 valence electrons. The molecule has 0 spiro atoms. The smallest absolute Gasteiger partial charge is 0.259 e. The van der Waals surface area contributed by atoms with Crippen molar-refractivity contribution in [1.29, 1.82) is 0 Å². The number of amides is 7. The fourth-order valence-corrected chi connectivity index (χ4v) is 8.70. The van der Waals surface area contributed by atoms with Crippen LogP contribution in [0.2, 0.25) is 5.02 Å². The van der Waals surface area contributed by atoms with Crippen LogP contribution in [0.3, 0.4) is 0 Å². The Balaban J connectivity index is 1.02. The normalized spacial score (nSPS) is 13.5. The van der Waals surface area contributed by atoms with E-state index in [2.05, 4.69) is 21.3 Å². The number of pyridine rings is 1. The van der Waals surface area contributed by atoms with Gasteiger partial charge in [-0.15, -0.1) is 0 Å². The van der Waals surface area contributed by atoms with Crippen molar-refractivity contribution < 1.29 is 52.5 Å². The van der Waals surface area contributed by atoms with Crippen LogP contribution in [0.4, 0.5) is 0 Å². The van der Waals surface area contributed by atoms with Gasteiger partial charge in [0, 0.05) is 72.8 Å². The molecule has 0 radical (unpaired) electrons. The first-order valence-corrected chi connectivity index (χ1v) is 26.6. The van der Waals surface area contributed by atoms with Crippen LogP contribution in [0, 0.1) is 18.8 Å². The summed E-state index contributed by atoms with van der Waals surface area (Å²) >= 11 is 6.45. The maximum absolute atomic E-state index is 14.6. The summed E-state index contributed by atoms with van der Waals surface area (Å²) < 4.78 is 23.7. The van der Waals surface area contributed by atoms with E-state index in [4.69, 9.17) is 30.5 Å². The van der Waals surface area contributed by atoms with E-state index < -0.39 is 47.7 Å². The van der Waals surface area contributed by atoms with Gasteiger partial charge in [0.2, 0.25) is 23.6 Å². The third-order valence-corrected chi connectivity index (χ3v) is 12.9. The lowest BCUT2D eigenvalue weighted by atomic mass is 9.94. The van der Waals surface area contributed by atoms with Crippen LogP contribution in [0.15, 0.2) is 95.8 Å². The third kappa shape index (κ3) is 19.3. The summed E-state index contributed by atoms with van der Waals surface area (Å²) in [6, 6.07) is 21.7. The highest BCUT2D eigenvalue weighted by molar-refractivity contribution is 6.31. The van der Waals surface area contributed by atoms with Gasteiger partial charge < -0.3 is 49.7 Å². The molecule has 0 fully saturated rings. The molecule has 1 aliphatic heterocycles. The predicted molar refractivity (Wildman–Crippen MR) is 292 cm³/mol. The Morgan fingerprint density at radius 1 is 0.649 bits per heavy atom. The van der Waals surface area contributed by atoms with Crippen molar-refractivity contribution in [1.82, 2.24) is 35.6 Å². The Bertz CT molecular complexity index is 2700. The molecular weight excluding hydrogens is 1010 g/mol. The van der Waals surface area contributed by atoms with Crippen molar-refractivity contribution in [3.05, 3.63) is 129 Å². The van der Waals surface area contributed by atoms with Crippen LogP contribution < -0.4 is 26.8 Å². The number of carbonyl (C=O) groups is 7. The van der Waals surface area contributed by atoms with Crippen molar-refractivity contribution in [2.75, 3.05) is 79.0 Å². The Morgan fingerprint density at radius 2 is 1.27 bits per heavy atom. The first-order chi connectivity index (χ1) is 36.9. The molecule has 4 N–H and O–H groups in total. The van der Waals surface area contributed by atoms with Crippen molar-refractivity contribution >= 4 is 63.7 Å². The van der Waals surface area contributed by atoms with Gasteiger partial charge in [-0.25, -0.2) is 0 Å². The van der Waals surface area contributed by atoms with E-state index >= 15 is 0 Å². The molecule has 20 heteroatoms. The van der Waals surface area contributed by atoms with Crippen LogP contribution in [0.1, 0.15) is 87.1 Å². The molecule has 1 aliphatic rings. The van der Waals surface area contributed by atoms with E-state index in [1.165, 1.54) is 12.2 Å². The standard InChI is InChI=1S/C57H74ClN7O12/c1-38(2)52(62-49(67)22-27-74-29-31-76-33-34-77-32-30-75-28-24-59-48(66)21-26-63-50(68)19-20-51(63)69)55(71)61-41(6)54(70)60-23-10-25-64(56(72)43-15-13-40(5)14-16-43)53(39(3)4)47-36-44-35-45(58)17-18-46(44)57(73)65(47)37-42-11-8-7-9-12-42/h7-9,11-20,35-36,38-39,41,52-53H,10,21-34,37H2,1-6H3,(H,59,66)(H,60,70)(H,61,71)(H,62,67)/t41-,52?,53?/m0/s1. The zero-order chi connectivity index (χ0) is 55.9. The maximum Gasteiger partial charge on any atom is 0.259 e. The number of nitrogens with zero attached hydrogens (tertiary/aromatic N) is 3. The largest absolute Gasteiger partial charge is 0.379 e. The van der Waals surface area contributed by atoms with Crippen LogP contribution in [-0.4, -0.2) is 147 Å². The van der Waals surface area contributed by atoms with Gasteiger partial charge in [0.25, 0.3) is 23.3 Å². The first kappa shape index (κ1) is 61.1. The quantitative estimate of drug-likeness (QED) is 0.0369. The highest BCUT2D eigenvalue weighted by Crippen LogP contribution is 2.33. The third-order valence-electron chi connectivity index (χ3n) is 12.6. The molecule has 1 aromatic heterocycles. The summed E-state index contributed by atoms with van der Waals surface area (Å²) in [4.78, 5) is 107. The van der Waals surface area contributed by atoms with E-state index in [9.17, 15) is 38.4 Å². The minimum Gasteiger partial charge on any atom is -0.379 e. The zero-order valence-corrected chi connectivity index (χ0v) is 45.7. The summed E-state index contributed by atoms with van der Waals surface area (Å²) in [6.45, 7) is 14.2. The lowest BCUT2D eigenvalue weighted by Crippen LogP contribution is -2.54. The Labute approximate surface area is 455 Å². The number of nitrogens with one attached hydrogen (secondary N) is 4. The highest BCUT2D eigenvalue weighted by Gasteiger charge is 2.32. The topological polar surface area (TPSA) is 233 Å². The number of carbonyl (C=O) groups excluding carboxylic acids is 7. The number of aryl methyl sites for hydroxylation is 1. The van der Waals surface area contributed by atoms with Gasteiger partial charge in [0.15, 0.2) is 0 Å². The van der Waals surface area contributed by atoms with Gasteiger partial charge in [-0.05, 0) is 79.5 Å². The number of hydrogen-bond acceptors (Lipinski definition) is 12. The van der Waals surface area contributed by atoms with Crippen molar-refractivity contribution in [3.63, 3.8) is 0 Å². The Kier molecular flexibility index (Phi) is 25.0. The summed E-state index contributed by atoms with van der Waals surface area (Å²) in [7, 11) is 0. The summed E-state index contributed by atoms with van der Waals surface area (Å²) in [6.07, 6.45) is 2.71.